The number of unbranched alkanes of at least 4 members (excludes halogenated alkanes) is 7. The highest BCUT2D eigenvalue weighted by Gasteiger charge is 2.28. The fourth-order valence-electron chi connectivity index (χ4n) is 8.14. The zero-order chi connectivity index (χ0) is 46.3. The highest BCUT2D eigenvalue weighted by atomic mass is 32.2. The van der Waals surface area contributed by atoms with E-state index in [1.54, 1.807) is 60.7 Å². The van der Waals surface area contributed by atoms with Crippen molar-refractivity contribution in [3.05, 3.63) is 167 Å². The smallest absolute Gasteiger partial charge is 0.338 e. The van der Waals surface area contributed by atoms with E-state index < -0.39 is 19.7 Å². The molecule has 338 valence electrons. The molecule has 0 saturated carbocycles. The molecule has 0 unspecified atom stereocenters. The Morgan fingerprint density at radius 1 is 0.424 bits per heavy atom. The number of hydrogen-bond donors (Lipinski definition) is 2. The number of nitrogens with one attached hydrogen (secondary N) is 2. The molecule has 2 N–H and O–H groups in total. The number of fused-ring (bicyclic) bond motifs is 6. The molecule has 6 aromatic carbocycles. The summed E-state index contributed by atoms with van der Waals surface area (Å²) in [5.41, 5.74) is 17.2. The van der Waals surface area contributed by atoms with Crippen LogP contribution < -0.4 is 10.9 Å². The van der Waals surface area contributed by atoms with Gasteiger partial charge in [-0.3, -0.25) is 10.9 Å². The van der Waals surface area contributed by atoms with Crippen LogP contribution in [0.25, 0.3) is 22.3 Å². The van der Waals surface area contributed by atoms with Gasteiger partial charge in [0.05, 0.1) is 56.9 Å². The normalized spacial score (nSPS) is 13.7. The van der Waals surface area contributed by atoms with Crippen LogP contribution in [0, 0.1) is 0 Å². The van der Waals surface area contributed by atoms with Crippen LogP contribution in [0.5, 0.6) is 0 Å². The predicted octanol–water partition coefficient (Wildman–Crippen LogP) is 10.3. The first-order chi connectivity index (χ1) is 31.8. The van der Waals surface area contributed by atoms with Crippen molar-refractivity contribution < 1.29 is 35.9 Å². The van der Waals surface area contributed by atoms with Crippen molar-refractivity contribution in [1.82, 2.24) is 0 Å². The van der Waals surface area contributed by atoms with Crippen LogP contribution in [0.2, 0.25) is 0 Å². The molecule has 0 amide bonds. The van der Waals surface area contributed by atoms with Crippen molar-refractivity contribution in [2.24, 2.45) is 10.2 Å². The van der Waals surface area contributed by atoms with Gasteiger partial charge >= 0.3 is 11.9 Å². The third kappa shape index (κ3) is 10.6. The summed E-state index contributed by atoms with van der Waals surface area (Å²) in [7, 11) is -6.60. The van der Waals surface area contributed by atoms with E-state index in [2.05, 4.69) is 21.1 Å². The Labute approximate surface area is 385 Å². The van der Waals surface area contributed by atoms with Gasteiger partial charge in [0.25, 0.3) is 0 Å². The van der Waals surface area contributed by atoms with Crippen molar-refractivity contribution in [2.75, 3.05) is 36.6 Å². The molecule has 14 heteroatoms. The largest absolute Gasteiger partial charge is 0.462 e. The first-order valence-electron chi connectivity index (χ1n) is 22.0. The number of carbonyl (C=O) groups excluding carboxylic acids is 2. The van der Waals surface area contributed by atoms with Crippen molar-refractivity contribution in [3.8, 4) is 22.3 Å². The minimum Gasteiger partial charge on any atom is -0.462 e. The van der Waals surface area contributed by atoms with E-state index in [1.807, 2.05) is 72.8 Å². The third-order valence-electron chi connectivity index (χ3n) is 11.6. The van der Waals surface area contributed by atoms with Crippen molar-refractivity contribution in [2.45, 2.75) is 61.2 Å². The van der Waals surface area contributed by atoms with Gasteiger partial charge in [-0.05, 0) is 108 Å². The first kappa shape index (κ1) is 45.7. The zero-order valence-corrected chi connectivity index (χ0v) is 38.4. The van der Waals surface area contributed by atoms with Gasteiger partial charge in [0.15, 0.2) is 19.7 Å². The predicted molar refractivity (Wildman–Crippen MR) is 259 cm³/mol. The summed E-state index contributed by atoms with van der Waals surface area (Å²) in [5.74, 6) is -0.726. The second kappa shape index (κ2) is 20.1. The Kier molecular flexibility index (Phi) is 13.9. The summed E-state index contributed by atoms with van der Waals surface area (Å²) in [6.45, 7) is 0.696. The standard InChI is InChI=1S/C52H50N4O8S2/c1-65(59,60)39-25-21-37(22-26-39)53-55-49-43-17-11-9-15-41(43)47-33-35(19-29-45(47)49)51(57)63-31-13-7-5-3-4-6-8-14-32-64-52(58)36-20-30-46-48(34-36)42-16-10-12-18-44(42)50(46)56-54-38-23-27-40(28-24-38)66(2,61)62/h9-12,15-30,33-34,53-54H,3-8,13-14,31-32H2,1-2H3. The van der Waals surface area contributed by atoms with Crippen molar-refractivity contribution >= 4 is 54.4 Å². The van der Waals surface area contributed by atoms with Gasteiger partial charge < -0.3 is 9.47 Å². The van der Waals surface area contributed by atoms with Gasteiger partial charge in [-0.1, -0.05) is 99.2 Å². The maximum absolute atomic E-state index is 13.1. The van der Waals surface area contributed by atoms with Crippen LogP contribution in [0.1, 0.15) is 94.3 Å². The molecular formula is C52H50N4O8S2. The van der Waals surface area contributed by atoms with Gasteiger partial charge in [-0.15, -0.1) is 0 Å². The van der Waals surface area contributed by atoms with E-state index in [1.165, 1.54) is 12.5 Å². The summed E-state index contributed by atoms with van der Waals surface area (Å²) < 4.78 is 58.7. The Hall–Kier alpha value is -6.90. The number of rotatable bonds is 19. The molecule has 0 atom stereocenters. The molecule has 0 radical (unpaired) electrons. The molecule has 0 spiro atoms. The lowest BCUT2D eigenvalue weighted by Gasteiger charge is -2.08. The van der Waals surface area contributed by atoms with Gasteiger partial charge in [-0.2, -0.15) is 10.2 Å². The maximum atomic E-state index is 13.1. The number of anilines is 2. The molecule has 2 aliphatic carbocycles. The lowest BCUT2D eigenvalue weighted by Crippen LogP contribution is -2.08. The monoisotopic (exact) mass is 922 g/mol. The summed E-state index contributed by atoms with van der Waals surface area (Å²) in [6.07, 6.45) is 10.1. The molecule has 8 rings (SSSR count). The molecule has 0 aromatic heterocycles. The first-order valence-corrected chi connectivity index (χ1v) is 25.7. The number of nitrogens with zero attached hydrogens (tertiary/aromatic N) is 2. The fraction of sp³-hybridized carbons (Fsp3) is 0.231. The van der Waals surface area contributed by atoms with Gasteiger partial charge in [0, 0.05) is 34.8 Å². The second-order valence-corrected chi connectivity index (χ2v) is 20.5. The number of sulfone groups is 2. The van der Waals surface area contributed by atoms with Crippen LogP contribution in [0.3, 0.4) is 0 Å². The lowest BCUT2D eigenvalue weighted by atomic mass is 10.0. The SMILES string of the molecule is CS(=O)(=O)c1ccc(NN=C2c3ccccc3-c3cc(C(=O)OCCCCCCCCCCOC(=O)c4ccc5c(c4)-c4ccccc4C5=NNc4ccc(S(C)(=O)=O)cc4)ccc32)cc1. The molecule has 0 bridgehead atoms. The van der Waals surface area contributed by atoms with E-state index in [0.29, 0.717) is 35.7 Å². The molecule has 12 nitrogen and oxygen atoms in total. The molecule has 0 saturated heterocycles. The number of hydrogen-bond acceptors (Lipinski definition) is 12. The molecule has 0 heterocycles. The van der Waals surface area contributed by atoms with Crippen molar-refractivity contribution in [3.63, 3.8) is 0 Å². The number of benzene rings is 6. The summed E-state index contributed by atoms with van der Waals surface area (Å²) in [4.78, 5) is 26.6. The van der Waals surface area contributed by atoms with Crippen LogP contribution in [-0.2, 0) is 29.1 Å². The van der Waals surface area contributed by atoms with Crippen LogP contribution in [-0.4, -0.2) is 65.9 Å². The van der Waals surface area contributed by atoms with E-state index in [4.69, 9.17) is 9.47 Å². The van der Waals surface area contributed by atoms with Gasteiger partial charge in [-0.25, -0.2) is 26.4 Å². The van der Waals surface area contributed by atoms with Crippen molar-refractivity contribution in [1.29, 1.82) is 0 Å². The molecule has 0 fully saturated rings. The molecule has 66 heavy (non-hydrogen) atoms. The Bertz CT molecular complexity index is 2870. The highest BCUT2D eigenvalue weighted by molar-refractivity contribution is 7.91. The fourth-order valence-corrected chi connectivity index (χ4v) is 9.40. The number of ether oxygens (including phenoxy) is 2. The number of hydrazone groups is 2. The summed E-state index contributed by atoms with van der Waals surface area (Å²) in [5, 5.41) is 9.34. The van der Waals surface area contributed by atoms with Crippen LogP contribution >= 0.6 is 0 Å². The lowest BCUT2D eigenvalue weighted by molar-refractivity contribution is 0.0487. The topological polar surface area (TPSA) is 170 Å². The summed E-state index contributed by atoms with van der Waals surface area (Å²) in [6, 6.07) is 39.6. The Balaban J connectivity index is 0.728. The minimum atomic E-state index is -3.30. The third-order valence-corrected chi connectivity index (χ3v) is 13.9. The van der Waals surface area contributed by atoms with Gasteiger partial charge in [0.2, 0.25) is 0 Å². The number of carbonyl (C=O) groups is 2. The van der Waals surface area contributed by atoms with Gasteiger partial charge in [0.1, 0.15) is 0 Å². The molecular weight excluding hydrogens is 873 g/mol. The Morgan fingerprint density at radius 3 is 1.12 bits per heavy atom. The minimum absolute atomic E-state index is 0.235. The van der Waals surface area contributed by atoms with E-state index in [-0.39, 0.29) is 21.7 Å². The average Bonchev–Trinajstić information content (AvgIpc) is 3.81. The van der Waals surface area contributed by atoms with E-state index in [0.717, 1.165) is 107 Å². The second-order valence-electron chi connectivity index (χ2n) is 16.4. The van der Waals surface area contributed by atoms with Crippen LogP contribution in [0.15, 0.2) is 153 Å². The zero-order valence-electron chi connectivity index (χ0n) is 36.7. The quantitative estimate of drug-likeness (QED) is 0.0452. The highest BCUT2D eigenvalue weighted by Crippen LogP contribution is 2.39. The summed E-state index contributed by atoms with van der Waals surface area (Å²) >= 11 is 0. The molecule has 6 aromatic rings. The maximum Gasteiger partial charge on any atom is 0.338 e. The van der Waals surface area contributed by atoms with E-state index in [9.17, 15) is 26.4 Å². The number of esters is 2. The molecule has 2 aliphatic rings. The Morgan fingerprint density at radius 2 is 0.758 bits per heavy atom. The average molecular weight is 923 g/mol. The van der Waals surface area contributed by atoms with Crippen LogP contribution in [0.4, 0.5) is 11.4 Å². The van der Waals surface area contributed by atoms with E-state index >= 15 is 0 Å². The molecule has 0 aliphatic heterocycles.